The third-order valence-electron chi connectivity index (χ3n) is 4.08. The average molecular weight is 398 g/mol. The van der Waals surface area contributed by atoms with Gasteiger partial charge in [-0.2, -0.15) is 0 Å². The van der Waals surface area contributed by atoms with Gasteiger partial charge >= 0.3 is 5.97 Å². The minimum absolute atomic E-state index is 0.0996. The van der Waals surface area contributed by atoms with E-state index < -0.39 is 17.7 Å². The van der Waals surface area contributed by atoms with Gasteiger partial charge in [-0.1, -0.05) is 23.7 Å². The summed E-state index contributed by atoms with van der Waals surface area (Å²) in [4.78, 5) is 37.2. The lowest BCUT2D eigenvalue weighted by atomic mass is 10.1. The van der Waals surface area contributed by atoms with Crippen molar-refractivity contribution < 1.29 is 23.5 Å². The minimum Gasteiger partial charge on any atom is -0.454 e. The summed E-state index contributed by atoms with van der Waals surface area (Å²) in [5, 5.41) is 8.29. The highest BCUT2D eigenvalue weighted by molar-refractivity contribution is 6.52. The van der Waals surface area contributed by atoms with Crippen LogP contribution in [-0.4, -0.2) is 34.4 Å². The van der Waals surface area contributed by atoms with E-state index in [4.69, 9.17) is 20.8 Å². The van der Waals surface area contributed by atoms with Crippen molar-refractivity contribution in [3.05, 3.63) is 65.0 Å². The standard InChI is InChI=1S/C19H12ClN3O5/c20-12-7-5-11(6-8-12)18-22-21-15(28-18)10-27-16(24)9-23-14-4-2-1-3-13(14)17(25)19(23)26/h1-8H,9-10H2. The van der Waals surface area contributed by atoms with Gasteiger partial charge in [-0.15, -0.1) is 10.2 Å². The molecule has 1 amide bonds. The van der Waals surface area contributed by atoms with Crippen LogP contribution in [-0.2, 0) is 20.9 Å². The predicted molar refractivity (Wildman–Crippen MR) is 97.7 cm³/mol. The van der Waals surface area contributed by atoms with E-state index >= 15 is 0 Å². The Bertz CT molecular complexity index is 1080. The van der Waals surface area contributed by atoms with Crippen molar-refractivity contribution >= 4 is 34.9 Å². The van der Waals surface area contributed by atoms with E-state index in [1.54, 1.807) is 42.5 Å². The first-order chi connectivity index (χ1) is 13.5. The number of esters is 1. The topological polar surface area (TPSA) is 103 Å². The van der Waals surface area contributed by atoms with E-state index in [1.807, 2.05) is 0 Å². The van der Waals surface area contributed by atoms with E-state index in [1.165, 1.54) is 6.07 Å². The van der Waals surface area contributed by atoms with Crippen LogP contribution in [0.1, 0.15) is 16.2 Å². The molecular formula is C19H12ClN3O5. The third-order valence-corrected chi connectivity index (χ3v) is 4.33. The maximum absolute atomic E-state index is 12.1. The van der Waals surface area contributed by atoms with Gasteiger partial charge in [0.05, 0.1) is 11.3 Å². The average Bonchev–Trinajstić information content (AvgIpc) is 3.27. The molecule has 1 aromatic heterocycles. The Balaban J connectivity index is 1.38. The molecule has 140 valence electrons. The van der Waals surface area contributed by atoms with Gasteiger partial charge in [-0.25, -0.2) is 0 Å². The number of para-hydroxylation sites is 1. The van der Waals surface area contributed by atoms with Crippen LogP contribution < -0.4 is 4.90 Å². The van der Waals surface area contributed by atoms with Crippen LogP contribution in [0.2, 0.25) is 5.02 Å². The van der Waals surface area contributed by atoms with Crippen LogP contribution in [0.3, 0.4) is 0 Å². The number of rotatable bonds is 5. The molecule has 0 unspecified atom stereocenters. The van der Waals surface area contributed by atoms with Gasteiger partial charge in [0.2, 0.25) is 5.89 Å². The Morgan fingerprint density at radius 3 is 2.61 bits per heavy atom. The number of ether oxygens (including phenoxy) is 1. The second-order valence-electron chi connectivity index (χ2n) is 5.91. The second-order valence-corrected chi connectivity index (χ2v) is 6.34. The second kappa shape index (κ2) is 7.24. The van der Waals surface area contributed by atoms with Crippen LogP contribution in [0.5, 0.6) is 0 Å². The summed E-state index contributed by atoms with van der Waals surface area (Å²) < 4.78 is 10.5. The highest BCUT2D eigenvalue weighted by Crippen LogP contribution is 2.28. The number of halogens is 1. The summed E-state index contributed by atoms with van der Waals surface area (Å²) in [6.07, 6.45) is 0. The number of hydrogen-bond donors (Lipinski definition) is 0. The van der Waals surface area contributed by atoms with Gasteiger partial charge in [0, 0.05) is 10.6 Å². The Hall–Kier alpha value is -3.52. The molecule has 28 heavy (non-hydrogen) atoms. The van der Waals surface area contributed by atoms with E-state index in [-0.39, 0.29) is 30.5 Å². The molecule has 8 nitrogen and oxygen atoms in total. The zero-order chi connectivity index (χ0) is 19.7. The van der Waals surface area contributed by atoms with Crippen LogP contribution in [0.25, 0.3) is 11.5 Å². The summed E-state index contributed by atoms with van der Waals surface area (Å²) in [7, 11) is 0. The molecule has 0 atom stereocenters. The first kappa shape index (κ1) is 17.9. The number of carbonyl (C=O) groups excluding carboxylic acids is 3. The van der Waals surface area contributed by atoms with Gasteiger partial charge in [0.15, 0.2) is 6.61 Å². The molecule has 0 aliphatic carbocycles. The molecule has 9 heteroatoms. The lowest BCUT2D eigenvalue weighted by Crippen LogP contribution is -2.35. The van der Waals surface area contributed by atoms with Crippen molar-refractivity contribution in [2.24, 2.45) is 0 Å². The molecule has 0 saturated carbocycles. The number of benzene rings is 2. The van der Waals surface area contributed by atoms with Gasteiger partial charge in [-0.3, -0.25) is 19.3 Å². The van der Waals surface area contributed by atoms with Crippen LogP contribution >= 0.6 is 11.6 Å². The highest BCUT2D eigenvalue weighted by Gasteiger charge is 2.36. The Labute approximate surface area is 163 Å². The van der Waals surface area contributed by atoms with E-state index in [0.717, 1.165) is 4.90 Å². The van der Waals surface area contributed by atoms with E-state index in [9.17, 15) is 14.4 Å². The fourth-order valence-corrected chi connectivity index (χ4v) is 2.87. The predicted octanol–water partition coefficient (Wildman–Crippen LogP) is 2.66. The largest absolute Gasteiger partial charge is 0.454 e. The fourth-order valence-electron chi connectivity index (χ4n) is 2.74. The highest BCUT2D eigenvalue weighted by atomic mass is 35.5. The summed E-state index contributed by atoms with van der Waals surface area (Å²) in [5.74, 6) is -1.75. The Morgan fingerprint density at radius 2 is 1.82 bits per heavy atom. The molecular weight excluding hydrogens is 386 g/mol. The number of fused-ring (bicyclic) bond motifs is 1. The Morgan fingerprint density at radius 1 is 1.07 bits per heavy atom. The molecule has 0 bridgehead atoms. The molecule has 0 spiro atoms. The van der Waals surface area contributed by atoms with Gasteiger partial charge in [-0.05, 0) is 36.4 Å². The maximum Gasteiger partial charge on any atom is 0.326 e. The quantitative estimate of drug-likeness (QED) is 0.481. The van der Waals surface area contributed by atoms with Crippen LogP contribution in [0, 0.1) is 0 Å². The molecule has 0 radical (unpaired) electrons. The number of amides is 1. The number of Topliss-reactive ketones (excluding diaryl/α,β-unsaturated/α-hetero) is 1. The summed E-state index contributed by atoms with van der Waals surface area (Å²) in [6, 6.07) is 13.3. The first-order valence-corrected chi connectivity index (χ1v) is 8.60. The molecule has 1 aliphatic heterocycles. The lowest BCUT2D eigenvalue weighted by Gasteiger charge is -2.14. The van der Waals surface area contributed by atoms with Crippen molar-refractivity contribution in [1.29, 1.82) is 0 Å². The Kier molecular flexibility index (Phi) is 4.62. The molecule has 2 heterocycles. The van der Waals surface area contributed by atoms with Crippen LogP contribution in [0.4, 0.5) is 5.69 Å². The van der Waals surface area contributed by atoms with Crippen LogP contribution in [0.15, 0.2) is 52.9 Å². The SMILES string of the molecule is O=C(CN1C(=O)C(=O)c2ccccc21)OCc1nnc(-c2ccc(Cl)cc2)o1. The van der Waals surface area contributed by atoms with Gasteiger partial charge < -0.3 is 9.15 Å². The first-order valence-electron chi connectivity index (χ1n) is 8.22. The lowest BCUT2D eigenvalue weighted by molar-refractivity contribution is -0.144. The van der Waals surface area contributed by atoms with Gasteiger partial charge in [0.1, 0.15) is 6.54 Å². The van der Waals surface area contributed by atoms with Gasteiger partial charge in [0.25, 0.3) is 17.6 Å². The zero-order valence-electron chi connectivity index (χ0n) is 14.3. The number of anilines is 1. The van der Waals surface area contributed by atoms with Crippen molar-refractivity contribution in [1.82, 2.24) is 10.2 Å². The van der Waals surface area contributed by atoms with E-state index in [0.29, 0.717) is 16.3 Å². The summed E-state index contributed by atoms with van der Waals surface area (Å²) >= 11 is 5.84. The molecule has 0 fully saturated rings. The molecule has 0 saturated heterocycles. The number of aromatic nitrogens is 2. The van der Waals surface area contributed by atoms with E-state index in [2.05, 4.69) is 10.2 Å². The number of hydrogen-bond acceptors (Lipinski definition) is 7. The zero-order valence-corrected chi connectivity index (χ0v) is 15.0. The number of carbonyl (C=O) groups is 3. The minimum atomic E-state index is -0.763. The molecule has 0 N–H and O–H groups in total. The van der Waals surface area contributed by atoms with Crippen molar-refractivity contribution in [2.45, 2.75) is 6.61 Å². The van der Waals surface area contributed by atoms with Crippen molar-refractivity contribution in [2.75, 3.05) is 11.4 Å². The van der Waals surface area contributed by atoms with Crippen molar-refractivity contribution in [3.8, 4) is 11.5 Å². The fraction of sp³-hybridized carbons (Fsp3) is 0.105. The summed E-state index contributed by atoms with van der Waals surface area (Å²) in [6.45, 7) is -0.642. The molecule has 3 aromatic rings. The van der Waals surface area contributed by atoms with Crippen molar-refractivity contribution in [3.63, 3.8) is 0 Å². The molecule has 2 aromatic carbocycles. The number of ketones is 1. The third kappa shape index (κ3) is 3.37. The number of nitrogens with zero attached hydrogens (tertiary/aromatic N) is 3. The summed E-state index contributed by atoms with van der Waals surface area (Å²) in [5.41, 5.74) is 1.33. The molecule has 1 aliphatic rings. The normalized spacial score (nSPS) is 13.0. The monoisotopic (exact) mass is 397 g/mol. The smallest absolute Gasteiger partial charge is 0.326 e. The molecule has 4 rings (SSSR count). The maximum atomic E-state index is 12.1.